The van der Waals surface area contributed by atoms with Crippen molar-refractivity contribution in [2.75, 3.05) is 18.8 Å². The van der Waals surface area contributed by atoms with E-state index in [0.717, 1.165) is 37.1 Å². The Labute approximate surface area is 152 Å². The highest BCUT2D eigenvalue weighted by molar-refractivity contribution is 7.90. The van der Waals surface area contributed by atoms with E-state index in [4.69, 9.17) is 10.5 Å². The molecule has 0 saturated carbocycles. The molecule has 3 N–H and O–H groups in total. The third kappa shape index (κ3) is 3.04. The summed E-state index contributed by atoms with van der Waals surface area (Å²) in [6.45, 7) is 1.88. The maximum absolute atomic E-state index is 13.0. The van der Waals surface area contributed by atoms with Gasteiger partial charge in [0, 0.05) is 17.3 Å². The molecule has 1 aliphatic rings. The summed E-state index contributed by atoms with van der Waals surface area (Å²) < 4.78 is 33.4. The quantitative estimate of drug-likeness (QED) is 0.689. The van der Waals surface area contributed by atoms with E-state index < -0.39 is 10.0 Å². The largest absolute Gasteiger partial charge is 0.490 e. The molecule has 136 valence electrons. The molecule has 7 heteroatoms. The Morgan fingerprint density at radius 1 is 1.04 bits per heavy atom. The molecule has 1 saturated heterocycles. The number of nitrogens with zero attached hydrogens (tertiary/aromatic N) is 1. The Balaban J connectivity index is 1.73. The third-order valence-electron chi connectivity index (χ3n) is 4.67. The lowest BCUT2D eigenvalue weighted by molar-refractivity contribution is 0.164. The predicted octanol–water partition coefficient (Wildman–Crippen LogP) is 2.59. The van der Waals surface area contributed by atoms with Crippen LogP contribution in [-0.2, 0) is 10.0 Å². The minimum absolute atomic E-state index is 0.152. The standard InChI is InChI=1S/C19H21N3O3S/c20-14-4-6-16(7-5-14)26(23,24)22-13-10-17-18(22)2-1-3-19(17)25-15-8-11-21-12-9-15/h1-7,10,13,15,21H,8-9,11-12,20H2. The number of hydrogen-bond donors (Lipinski definition) is 2. The van der Waals surface area contributed by atoms with E-state index in [1.807, 2.05) is 12.1 Å². The van der Waals surface area contributed by atoms with Crippen LogP contribution in [0.2, 0.25) is 0 Å². The summed E-state index contributed by atoms with van der Waals surface area (Å²) in [5.41, 5.74) is 6.80. The van der Waals surface area contributed by atoms with Gasteiger partial charge >= 0.3 is 0 Å². The first-order chi connectivity index (χ1) is 12.6. The molecule has 1 fully saturated rings. The van der Waals surface area contributed by atoms with E-state index >= 15 is 0 Å². The number of nitrogens with one attached hydrogen (secondary N) is 1. The van der Waals surface area contributed by atoms with Crippen molar-refractivity contribution < 1.29 is 13.2 Å². The van der Waals surface area contributed by atoms with Gasteiger partial charge in [0.2, 0.25) is 0 Å². The van der Waals surface area contributed by atoms with Gasteiger partial charge in [-0.2, -0.15) is 0 Å². The summed E-state index contributed by atoms with van der Waals surface area (Å²) in [5, 5.41) is 4.11. The summed E-state index contributed by atoms with van der Waals surface area (Å²) in [4.78, 5) is 0.203. The van der Waals surface area contributed by atoms with Gasteiger partial charge < -0.3 is 15.8 Å². The highest BCUT2D eigenvalue weighted by Gasteiger charge is 2.21. The van der Waals surface area contributed by atoms with E-state index in [1.54, 1.807) is 30.5 Å². The van der Waals surface area contributed by atoms with Crippen LogP contribution in [0.3, 0.4) is 0 Å². The zero-order chi connectivity index (χ0) is 18.1. The van der Waals surface area contributed by atoms with E-state index in [1.165, 1.54) is 16.1 Å². The first-order valence-electron chi connectivity index (χ1n) is 8.64. The first-order valence-corrected chi connectivity index (χ1v) is 10.1. The summed E-state index contributed by atoms with van der Waals surface area (Å²) in [6.07, 6.45) is 3.62. The number of nitrogen functional groups attached to an aromatic ring is 1. The first kappa shape index (κ1) is 16.9. The summed E-state index contributed by atoms with van der Waals surface area (Å²) in [6, 6.07) is 13.5. The van der Waals surface area contributed by atoms with Gasteiger partial charge in [0.05, 0.1) is 10.4 Å². The van der Waals surface area contributed by atoms with Crippen LogP contribution >= 0.6 is 0 Å². The number of benzene rings is 2. The summed E-state index contributed by atoms with van der Waals surface area (Å²) >= 11 is 0. The number of anilines is 1. The van der Waals surface area contributed by atoms with Crippen molar-refractivity contribution in [2.24, 2.45) is 0 Å². The molecular formula is C19H21N3O3S. The molecule has 0 atom stereocenters. The topological polar surface area (TPSA) is 86.4 Å². The number of rotatable bonds is 4. The van der Waals surface area contributed by atoms with Crippen LogP contribution in [0.15, 0.2) is 59.6 Å². The zero-order valence-electron chi connectivity index (χ0n) is 14.3. The molecule has 0 radical (unpaired) electrons. The summed E-state index contributed by atoms with van der Waals surface area (Å²) in [7, 11) is -3.69. The van der Waals surface area contributed by atoms with Crippen LogP contribution in [0.25, 0.3) is 10.9 Å². The molecule has 0 unspecified atom stereocenters. The molecule has 0 spiro atoms. The van der Waals surface area contributed by atoms with Crippen molar-refractivity contribution >= 4 is 26.6 Å². The molecule has 26 heavy (non-hydrogen) atoms. The van der Waals surface area contributed by atoms with Crippen LogP contribution in [0.5, 0.6) is 5.75 Å². The van der Waals surface area contributed by atoms with Crippen molar-refractivity contribution in [3.63, 3.8) is 0 Å². The number of nitrogens with two attached hydrogens (primary N) is 1. The number of aromatic nitrogens is 1. The lowest BCUT2D eigenvalue weighted by atomic mass is 10.1. The molecule has 1 aliphatic heterocycles. The predicted molar refractivity (Wildman–Crippen MR) is 102 cm³/mol. The van der Waals surface area contributed by atoms with Crippen molar-refractivity contribution in [3.8, 4) is 5.75 Å². The fourth-order valence-electron chi connectivity index (χ4n) is 3.27. The second kappa shape index (κ2) is 6.66. The molecule has 4 rings (SSSR count). The number of ether oxygens (including phenoxy) is 1. The zero-order valence-corrected chi connectivity index (χ0v) is 15.1. The van der Waals surface area contributed by atoms with Crippen molar-refractivity contribution in [1.29, 1.82) is 0 Å². The van der Waals surface area contributed by atoms with Crippen molar-refractivity contribution in [3.05, 3.63) is 54.7 Å². The molecular weight excluding hydrogens is 350 g/mol. The summed E-state index contributed by atoms with van der Waals surface area (Å²) in [5.74, 6) is 0.723. The van der Waals surface area contributed by atoms with Gasteiger partial charge in [-0.15, -0.1) is 0 Å². The SMILES string of the molecule is Nc1ccc(S(=O)(=O)n2ccc3c(OC4CCNCC4)cccc32)cc1. The maximum Gasteiger partial charge on any atom is 0.268 e. The Kier molecular flexibility index (Phi) is 4.34. The van der Waals surface area contributed by atoms with Gasteiger partial charge in [0.1, 0.15) is 11.9 Å². The Morgan fingerprint density at radius 2 is 1.77 bits per heavy atom. The van der Waals surface area contributed by atoms with Gasteiger partial charge in [0.25, 0.3) is 10.0 Å². The van der Waals surface area contributed by atoms with Gasteiger partial charge in [-0.3, -0.25) is 0 Å². The third-order valence-corrected chi connectivity index (χ3v) is 6.38. The molecule has 0 amide bonds. The Morgan fingerprint density at radius 3 is 2.50 bits per heavy atom. The highest BCUT2D eigenvalue weighted by atomic mass is 32.2. The van der Waals surface area contributed by atoms with Gasteiger partial charge in [-0.25, -0.2) is 12.4 Å². The van der Waals surface area contributed by atoms with Crippen LogP contribution < -0.4 is 15.8 Å². The van der Waals surface area contributed by atoms with Gasteiger partial charge in [0.15, 0.2) is 0 Å². The molecule has 3 aromatic rings. The average molecular weight is 371 g/mol. The van der Waals surface area contributed by atoms with Crippen LogP contribution in [0.4, 0.5) is 5.69 Å². The minimum Gasteiger partial charge on any atom is -0.490 e. The van der Waals surface area contributed by atoms with E-state index in [2.05, 4.69) is 5.32 Å². The van der Waals surface area contributed by atoms with E-state index in [9.17, 15) is 8.42 Å². The van der Waals surface area contributed by atoms with Gasteiger partial charge in [-0.05, 0) is 68.4 Å². The fraction of sp³-hybridized carbons (Fsp3) is 0.263. The molecule has 1 aromatic heterocycles. The van der Waals surface area contributed by atoms with Crippen LogP contribution in [-0.4, -0.2) is 31.6 Å². The van der Waals surface area contributed by atoms with E-state index in [-0.39, 0.29) is 11.0 Å². The second-order valence-electron chi connectivity index (χ2n) is 6.44. The van der Waals surface area contributed by atoms with Crippen LogP contribution in [0.1, 0.15) is 12.8 Å². The van der Waals surface area contributed by atoms with Gasteiger partial charge in [-0.1, -0.05) is 6.07 Å². The molecule has 0 aliphatic carbocycles. The Bertz CT molecular complexity index is 1020. The number of fused-ring (bicyclic) bond motifs is 1. The van der Waals surface area contributed by atoms with E-state index in [0.29, 0.717) is 11.2 Å². The Hall–Kier alpha value is -2.51. The molecule has 6 nitrogen and oxygen atoms in total. The minimum atomic E-state index is -3.69. The van der Waals surface area contributed by atoms with Crippen molar-refractivity contribution in [1.82, 2.24) is 9.29 Å². The normalized spacial score (nSPS) is 16.0. The average Bonchev–Trinajstić information content (AvgIpc) is 3.09. The van der Waals surface area contributed by atoms with Crippen molar-refractivity contribution in [2.45, 2.75) is 23.8 Å². The number of hydrogen-bond acceptors (Lipinski definition) is 5. The smallest absolute Gasteiger partial charge is 0.268 e. The monoisotopic (exact) mass is 371 g/mol. The van der Waals surface area contributed by atoms with Crippen LogP contribution in [0, 0.1) is 0 Å². The number of piperidine rings is 1. The second-order valence-corrected chi connectivity index (χ2v) is 8.26. The maximum atomic E-state index is 13.0. The molecule has 2 aromatic carbocycles. The molecule has 0 bridgehead atoms. The highest BCUT2D eigenvalue weighted by Crippen LogP contribution is 2.31. The fourth-order valence-corrected chi connectivity index (χ4v) is 4.62. The lowest BCUT2D eigenvalue weighted by Crippen LogP contribution is -2.34. The molecule has 2 heterocycles. The lowest BCUT2D eigenvalue weighted by Gasteiger charge is -2.24.